The third-order valence-corrected chi connectivity index (χ3v) is 3.38. The van der Waals surface area contributed by atoms with Gasteiger partial charge in [0.1, 0.15) is 5.75 Å². The molecule has 102 valence electrons. The first-order chi connectivity index (χ1) is 8.69. The Labute approximate surface area is 116 Å². The van der Waals surface area contributed by atoms with Crippen LogP contribution in [0.4, 0.5) is 4.79 Å². The predicted molar refractivity (Wildman–Crippen MR) is 75.9 cm³/mol. The number of H-pyrrole nitrogens is 1. The Kier molecular flexibility index (Phi) is 3.68. The molecule has 1 aromatic carbocycles. The number of carbonyl (C=O) groups is 1. The SMILES string of the molecule is CNC(=O)Oc1ccc2[nH]c3c(c2c1)C(N)CC3.Cl. The van der Waals surface area contributed by atoms with Crippen molar-refractivity contribution < 1.29 is 9.53 Å². The van der Waals surface area contributed by atoms with Crippen molar-refractivity contribution in [3.63, 3.8) is 0 Å². The summed E-state index contributed by atoms with van der Waals surface area (Å²) < 4.78 is 5.13. The fraction of sp³-hybridized carbons (Fsp3) is 0.308. The summed E-state index contributed by atoms with van der Waals surface area (Å²) in [6, 6.07) is 5.63. The Balaban J connectivity index is 0.00000133. The molecule has 0 spiro atoms. The second kappa shape index (κ2) is 5.11. The maximum Gasteiger partial charge on any atom is 0.412 e. The highest BCUT2D eigenvalue weighted by Gasteiger charge is 2.24. The van der Waals surface area contributed by atoms with Gasteiger partial charge in [0.15, 0.2) is 0 Å². The standard InChI is InChI=1S/C13H15N3O2.ClH/c1-15-13(17)18-7-2-4-10-8(6-7)12-9(14)3-5-11(12)16-10;/h2,4,6,9,16H,3,5,14H2,1H3,(H,15,17);1H. The lowest BCUT2D eigenvalue weighted by atomic mass is 10.1. The highest BCUT2D eigenvalue weighted by Crippen LogP contribution is 2.36. The zero-order valence-corrected chi connectivity index (χ0v) is 11.3. The number of benzene rings is 1. The highest BCUT2D eigenvalue weighted by molar-refractivity contribution is 5.87. The number of aromatic nitrogens is 1. The molecule has 2 aromatic rings. The van der Waals surface area contributed by atoms with Gasteiger partial charge in [-0.2, -0.15) is 0 Å². The van der Waals surface area contributed by atoms with Gasteiger partial charge in [-0.05, 0) is 36.6 Å². The van der Waals surface area contributed by atoms with E-state index in [9.17, 15) is 4.79 Å². The number of fused-ring (bicyclic) bond motifs is 3. The van der Waals surface area contributed by atoms with Crippen molar-refractivity contribution in [2.45, 2.75) is 18.9 Å². The topological polar surface area (TPSA) is 80.1 Å². The molecule has 0 radical (unpaired) electrons. The van der Waals surface area contributed by atoms with Gasteiger partial charge in [0.25, 0.3) is 0 Å². The lowest BCUT2D eigenvalue weighted by Crippen LogP contribution is -2.21. The molecule has 1 aliphatic rings. The zero-order valence-electron chi connectivity index (χ0n) is 10.5. The summed E-state index contributed by atoms with van der Waals surface area (Å²) in [4.78, 5) is 14.6. The van der Waals surface area contributed by atoms with Crippen LogP contribution in [0.3, 0.4) is 0 Å². The number of aryl methyl sites for hydroxylation is 1. The second-order valence-corrected chi connectivity index (χ2v) is 4.51. The van der Waals surface area contributed by atoms with E-state index in [1.807, 2.05) is 12.1 Å². The maximum absolute atomic E-state index is 11.2. The number of halogens is 1. The highest BCUT2D eigenvalue weighted by atomic mass is 35.5. The van der Waals surface area contributed by atoms with Gasteiger partial charge in [-0.1, -0.05) is 0 Å². The van der Waals surface area contributed by atoms with Gasteiger partial charge in [-0.15, -0.1) is 12.4 Å². The summed E-state index contributed by atoms with van der Waals surface area (Å²) >= 11 is 0. The van der Waals surface area contributed by atoms with Gasteiger partial charge in [0.05, 0.1) is 0 Å². The van der Waals surface area contributed by atoms with E-state index < -0.39 is 6.09 Å². The van der Waals surface area contributed by atoms with E-state index in [1.165, 1.54) is 12.7 Å². The number of aromatic amines is 1. The Morgan fingerprint density at radius 3 is 3.05 bits per heavy atom. The molecular formula is C13H16ClN3O2. The van der Waals surface area contributed by atoms with Gasteiger partial charge in [-0.25, -0.2) is 4.79 Å². The van der Waals surface area contributed by atoms with Crippen molar-refractivity contribution in [2.24, 2.45) is 5.73 Å². The number of amides is 1. The molecule has 1 unspecified atom stereocenters. The van der Waals surface area contributed by atoms with Crippen LogP contribution >= 0.6 is 12.4 Å². The fourth-order valence-corrected chi connectivity index (χ4v) is 2.53. The third kappa shape index (κ3) is 2.27. The molecule has 0 saturated carbocycles. The number of carbonyl (C=O) groups excluding carboxylic acids is 1. The van der Waals surface area contributed by atoms with E-state index in [4.69, 9.17) is 10.5 Å². The van der Waals surface area contributed by atoms with E-state index in [1.54, 1.807) is 6.07 Å². The molecule has 19 heavy (non-hydrogen) atoms. The van der Waals surface area contributed by atoms with E-state index in [2.05, 4.69) is 10.3 Å². The number of nitrogens with one attached hydrogen (secondary N) is 2. The molecule has 3 rings (SSSR count). The average Bonchev–Trinajstić information content (AvgIpc) is 2.89. The van der Waals surface area contributed by atoms with Gasteiger partial charge < -0.3 is 20.8 Å². The van der Waals surface area contributed by atoms with Crippen LogP contribution in [0.2, 0.25) is 0 Å². The van der Waals surface area contributed by atoms with Gasteiger partial charge in [0.2, 0.25) is 0 Å². The van der Waals surface area contributed by atoms with Crippen molar-refractivity contribution in [3.05, 3.63) is 29.5 Å². The summed E-state index contributed by atoms with van der Waals surface area (Å²) in [5, 5.41) is 3.48. The fourth-order valence-electron chi connectivity index (χ4n) is 2.53. The zero-order chi connectivity index (χ0) is 12.7. The minimum absolute atomic E-state index is 0. The molecular weight excluding hydrogens is 266 g/mol. The maximum atomic E-state index is 11.2. The van der Waals surface area contributed by atoms with E-state index in [-0.39, 0.29) is 18.4 Å². The van der Waals surface area contributed by atoms with Crippen LogP contribution in [0.5, 0.6) is 5.75 Å². The Bertz CT molecular complexity index is 624. The Hall–Kier alpha value is -1.72. The number of ether oxygens (including phenoxy) is 1. The quantitative estimate of drug-likeness (QED) is 0.750. The van der Waals surface area contributed by atoms with Crippen molar-refractivity contribution in [1.82, 2.24) is 10.3 Å². The molecule has 1 amide bonds. The van der Waals surface area contributed by atoms with Crippen LogP contribution in [-0.2, 0) is 6.42 Å². The molecule has 1 atom stereocenters. The molecule has 0 fully saturated rings. The predicted octanol–water partition coefficient (Wildman–Crippen LogP) is 2.25. The van der Waals surface area contributed by atoms with Gasteiger partial charge in [0, 0.05) is 29.7 Å². The Morgan fingerprint density at radius 1 is 1.53 bits per heavy atom. The minimum atomic E-state index is -0.467. The molecule has 0 aliphatic heterocycles. The first-order valence-corrected chi connectivity index (χ1v) is 5.98. The number of hydrogen-bond donors (Lipinski definition) is 3. The van der Waals surface area contributed by atoms with E-state index in [0.717, 1.165) is 29.3 Å². The normalized spacial score (nSPS) is 16.8. The van der Waals surface area contributed by atoms with Crippen LogP contribution in [-0.4, -0.2) is 18.1 Å². The molecule has 1 heterocycles. The summed E-state index contributed by atoms with van der Waals surface area (Å²) in [7, 11) is 1.53. The van der Waals surface area contributed by atoms with Crippen molar-refractivity contribution in [1.29, 1.82) is 0 Å². The van der Waals surface area contributed by atoms with Gasteiger partial charge >= 0.3 is 6.09 Å². The van der Waals surface area contributed by atoms with Crippen LogP contribution in [0, 0.1) is 0 Å². The van der Waals surface area contributed by atoms with Crippen LogP contribution in [0.25, 0.3) is 10.9 Å². The molecule has 0 bridgehead atoms. The molecule has 5 nitrogen and oxygen atoms in total. The smallest absolute Gasteiger partial charge is 0.410 e. The average molecular weight is 282 g/mol. The summed E-state index contributed by atoms with van der Waals surface area (Å²) in [5.41, 5.74) is 9.50. The third-order valence-electron chi connectivity index (χ3n) is 3.38. The monoisotopic (exact) mass is 281 g/mol. The van der Waals surface area contributed by atoms with Crippen molar-refractivity contribution in [3.8, 4) is 5.75 Å². The van der Waals surface area contributed by atoms with Crippen molar-refractivity contribution >= 4 is 29.4 Å². The molecule has 6 heteroatoms. The van der Waals surface area contributed by atoms with Crippen LogP contribution in [0.15, 0.2) is 18.2 Å². The lowest BCUT2D eigenvalue weighted by molar-refractivity contribution is 0.203. The number of nitrogens with two attached hydrogens (primary N) is 1. The van der Waals surface area contributed by atoms with Gasteiger partial charge in [-0.3, -0.25) is 0 Å². The first-order valence-electron chi connectivity index (χ1n) is 5.98. The Morgan fingerprint density at radius 2 is 2.32 bits per heavy atom. The largest absolute Gasteiger partial charge is 0.412 e. The van der Waals surface area contributed by atoms with Crippen LogP contribution in [0.1, 0.15) is 23.7 Å². The second-order valence-electron chi connectivity index (χ2n) is 4.51. The van der Waals surface area contributed by atoms with E-state index in [0.29, 0.717) is 5.75 Å². The summed E-state index contributed by atoms with van der Waals surface area (Å²) in [6.45, 7) is 0. The number of rotatable bonds is 1. The molecule has 1 aliphatic carbocycles. The molecule has 0 saturated heterocycles. The molecule has 4 N–H and O–H groups in total. The van der Waals surface area contributed by atoms with Crippen LogP contribution < -0.4 is 15.8 Å². The molecule has 1 aromatic heterocycles. The summed E-state index contributed by atoms with van der Waals surface area (Å²) in [5.74, 6) is 0.530. The summed E-state index contributed by atoms with van der Waals surface area (Å²) in [6.07, 6.45) is 1.49. The minimum Gasteiger partial charge on any atom is -0.410 e. The first kappa shape index (κ1) is 13.7. The van der Waals surface area contributed by atoms with E-state index >= 15 is 0 Å². The van der Waals surface area contributed by atoms with Crippen molar-refractivity contribution in [2.75, 3.05) is 7.05 Å². The number of hydrogen-bond acceptors (Lipinski definition) is 3. The lowest BCUT2D eigenvalue weighted by Gasteiger charge is -2.06.